The standard InChI is InChI=1S/C14H19ClN2O3/c1-4-10(5-2)17(3)14(20)16-12-7-6-9(13(18)19)8-11(12)15/h6-8,10H,4-5H2,1-3H3,(H,16,20)(H,18,19). The van der Waals surface area contributed by atoms with E-state index in [1.165, 1.54) is 18.2 Å². The first-order valence-electron chi connectivity index (χ1n) is 6.47. The van der Waals surface area contributed by atoms with Crippen LogP contribution in [0.5, 0.6) is 0 Å². The molecule has 0 spiro atoms. The molecule has 0 bridgehead atoms. The van der Waals surface area contributed by atoms with Crippen LogP contribution in [0.25, 0.3) is 0 Å². The number of hydrogen-bond donors (Lipinski definition) is 2. The Balaban J connectivity index is 2.83. The first-order valence-corrected chi connectivity index (χ1v) is 6.85. The van der Waals surface area contributed by atoms with Crippen molar-refractivity contribution in [2.75, 3.05) is 12.4 Å². The number of urea groups is 1. The molecule has 0 saturated carbocycles. The summed E-state index contributed by atoms with van der Waals surface area (Å²) in [5.41, 5.74) is 0.487. The minimum atomic E-state index is -1.06. The lowest BCUT2D eigenvalue weighted by atomic mass is 10.1. The lowest BCUT2D eigenvalue weighted by Crippen LogP contribution is -2.39. The Labute approximate surface area is 123 Å². The molecule has 1 aromatic rings. The second-order valence-corrected chi connectivity index (χ2v) is 4.92. The van der Waals surface area contributed by atoms with Gasteiger partial charge in [0.15, 0.2) is 0 Å². The zero-order valence-electron chi connectivity index (χ0n) is 11.8. The van der Waals surface area contributed by atoms with Crippen LogP contribution in [0.15, 0.2) is 18.2 Å². The molecule has 2 amide bonds. The smallest absolute Gasteiger partial charge is 0.335 e. The number of carboxylic acid groups (broad SMARTS) is 1. The lowest BCUT2D eigenvalue weighted by molar-refractivity contribution is 0.0697. The first kappa shape index (κ1) is 16.3. The molecule has 0 aromatic heterocycles. The molecule has 110 valence electrons. The number of carboxylic acids is 1. The van der Waals surface area contributed by atoms with Gasteiger partial charge in [0.2, 0.25) is 0 Å². The van der Waals surface area contributed by atoms with Gasteiger partial charge >= 0.3 is 12.0 Å². The van der Waals surface area contributed by atoms with Crippen LogP contribution in [-0.4, -0.2) is 35.1 Å². The average molecular weight is 299 g/mol. The van der Waals surface area contributed by atoms with Gasteiger partial charge in [-0.05, 0) is 31.0 Å². The molecule has 0 fully saturated rings. The lowest BCUT2D eigenvalue weighted by Gasteiger charge is -2.26. The summed E-state index contributed by atoms with van der Waals surface area (Å²) in [7, 11) is 1.73. The summed E-state index contributed by atoms with van der Waals surface area (Å²) in [6, 6.07) is 4.11. The normalized spacial score (nSPS) is 10.4. The van der Waals surface area contributed by atoms with Crippen LogP contribution in [0, 0.1) is 0 Å². The minimum Gasteiger partial charge on any atom is -0.478 e. The Kier molecular flexibility index (Phi) is 5.82. The molecule has 0 atom stereocenters. The van der Waals surface area contributed by atoms with E-state index in [-0.39, 0.29) is 22.7 Å². The Morgan fingerprint density at radius 1 is 1.35 bits per heavy atom. The monoisotopic (exact) mass is 298 g/mol. The van der Waals surface area contributed by atoms with E-state index in [2.05, 4.69) is 5.32 Å². The summed E-state index contributed by atoms with van der Waals surface area (Å²) < 4.78 is 0. The molecular formula is C14H19ClN2O3. The minimum absolute atomic E-state index is 0.0846. The van der Waals surface area contributed by atoms with E-state index >= 15 is 0 Å². The number of benzene rings is 1. The number of rotatable bonds is 5. The van der Waals surface area contributed by atoms with Crippen LogP contribution < -0.4 is 5.32 Å². The molecule has 0 aliphatic rings. The number of halogens is 1. The molecule has 0 radical (unpaired) electrons. The van der Waals surface area contributed by atoms with Gasteiger partial charge in [-0.25, -0.2) is 9.59 Å². The van der Waals surface area contributed by atoms with Gasteiger partial charge in [-0.15, -0.1) is 0 Å². The molecule has 20 heavy (non-hydrogen) atoms. The van der Waals surface area contributed by atoms with Crippen LogP contribution in [0.1, 0.15) is 37.0 Å². The predicted octanol–water partition coefficient (Wildman–Crippen LogP) is 3.69. The fraction of sp³-hybridized carbons (Fsp3) is 0.429. The molecule has 0 unspecified atom stereocenters. The van der Waals surface area contributed by atoms with E-state index in [0.29, 0.717) is 5.69 Å². The van der Waals surface area contributed by atoms with Crippen molar-refractivity contribution in [3.05, 3.63) is 28.8 Å². The number of carbonyl (C=O) groups excluding carboxylic acids is 1. The van der Waals surface area contributed by atoms with Gasteiger partial charge in [0.1, 0.15) is 0 Å². The summed E-state index contributed by atoms with van der Waals surface area (Å²) in [6.07, 6.45) is 1.73. The van der Waals surface area contributed by atoms with Crippen molar-refractivity contribution in [3.63, 3.8) is 0 Å². The first-order chi connectivity index (χ1) is 9.40. The van der Waals surface area contributed by atoms with Crippen LogP contribution in [-0.2, 0) is 0 Å². The topological polar surface area (TPSA) is 69.6 Å². The van der Waals surface area contributed by atoms with E-state index in [4.69, 9.17) is 16.7 Å². The van der Waals surface area contributed by atoms with Gasteiger partial charge in [-0.1, -0.05) is 25.4 Å². The summed E-state index contributed by atoms with van der Waals surface area (Å²) in [6.45, 7) is 4.04. The number of anilines is 1. The molecule has 6 heteroatoms. The van der Waals surface area contributed by atoms with Gasteiger partial charge in [-0.3, -0.25) is 0 Å². The summed E-state index contributed by atoms with van der Waals surface area (Å²) in [5.74, 6) is -1.06. The van der Waals surface area contributed by atoms with Crippen LogP contribution in [0.4, 0.5) is 10.5 Å². The van der Waals surface area contributed by atoms with Crippen molar-refractivity contribution in [3.8, 4) is 0 Å². The fourth-order valence-electron chi connectivity index (χ4n) is 1.96. The maximum absolute atomic E-state index is 12.1. The Bertz CT molecular complexity index is 501. The van der Waals surface area contributed by atoms with Crippen LogP contribution in [0.2, 0.25) is 5.02 Å². The number of hydrogen-bond acceptors (Lipinski definition) is 2. The number of nitrogens with one attached hydrogen (secondary N) is 1. The maximum Gasteiger partial charge on any atom is 0.335 e. The van der Waals surface area contributed by atoms with Gasteiger partial charge < -0.3 is 15.3 Å². The number of aromatic carboxylic acids is 1. The summed E-state index contributed by atoms with van der Waals surface area (Å²) >= 11 is 5.97. The Morgan fingerprint density at radius 2 is 1.95 bits per heavy atom. The fourth-order valence-corrected chi connectivity index (χ4v) is 2.18. The molecule has 0 heterocycles. The number of amides is 2. The maximum atomic E-state index is 12.1. The molecule has 5 nitrogen and oxygen atoms in total. The highest BCUT2D eigenvalue weighted by atomic mass is 35.5. The zero-order valence-corrected chi connectivity index (χ0v) is 12.6. The summed E-state index contributed by atoms with van der Waals surface area (Å²) in [4.78, 5) is 24.5. The molecular weight excluding hydrogens is 280 g/mol. The third-order valence-corrected chi connectivity index (χ3v) is 3.58. The zero-order chi connectivity index (χ0) is 15.3. The van der Waals surface area contributed by atoms with E-state index in [1.54, 1.807) is 11.9 Å². The van der Waals surface area contributed by atoms with Crippen molar-refractivity contribution in [2.45, 2.75) is 32.7 Å². The highest BCUT2D eigenvalue weighted by Crippen LogP contribution is 2.23. The van der Waals surface area contributed by atoms with Crippen molar-refractivity contribution in [1.82, 2.24) is 4.90 Å². The molecule has 0 aliphatic heterocycles. The van der Waals surface area contributed by atoms with Crippen molar-refractivity contribution < 1.29 is 14.7 Å². The molecule has 0 saturated heterocycles. The van der Waals surface area contributed by atoms with E-state index in [1.807, 2.05) is 13.8 Å². The Morgan fingerprint density at radius 3 is 2.40 bits per heavy atom. The van der Waals surface area contributed by atoms with Crippen LogP contribution >= 0.6 is 11.6 Å². The van der Waals surface area contributed by atoms with Gasteiger partial charge in [0, 0.05) is 13.1 Å². The van der Waals surface area contributed by atoms with Gasteiger partial charge in [0.25, 0.3) is 0 Å². The van der Waals surface area contributed by atoms with E-state index < -0.39 is 5.97 Å². The third-order valence-electron chi connectivity index (χ3n) is 3.27. The van der Waals surface area contributed by atoms with Crippen molar-refractivity contribution in [2.24, 2.45) is 0 Å². The highest BCUT2D eigenvalue weighted by molar-refractivity contribution is 6.34. The molecule has 2 N–H and O–H groups in total. The second kappa shape index (κ2) is 7.14. The van der Waals surface area contributed by atoms with Gasteiger partial charge in [-0.2, -0.15) is 0 Å². The molecule has 1 aromatic carbocycles. The quantitative estimate of drug-likeness (QED) is 0.871. The van der Waals surface area contributed by atoms with Crippen molar-refractivity contribution in [1.29, 1.82) is 0 Å². The van der Waals surface area contributed by atoms with E-state index in [9.17, 15) is 9.59 Å². The third kappa shape index (κ3) is 3.87. The number of carbonyl (C=O) groups is 2. The van der Waals surface area contributed by atoms with Crippen molar-refractivity contribution >= 4 is 29.3 Å². The average Bonchev–Trinajstić information content (AvgIpc) is 2.41. The highest BCUT2D eigenvalue weighted by Gasteiger charge is 2.17. The Hall–Kier alpha value is -1.75. The second-order valence-electron chi connectivity index (χ2n) is 4.51. The summed E-state index contributed by atoms with van der Waals surface area (Å²) in [5, 5.41) is 11.7. The predicted molar refractivity (Wildman–Crippen MR) is 79.6 cm³/mol. The van der Waals surface area contributed by atoms with Gasteiger partial charge in [0.05, 0.1) is 16.3 Å². The van der Waals surface area contributed by atoms with Crippen LogP contribution in [0.3, 0.4) is 0 Å². The van der Waals surface area contributed by atoms with E-state index in [0.717, 1.165) is 12.8 Å². The number of nitrogens with zero attached hydrogens (tertiary/aromatic N) is 1. The SMILES string of the molecule is CCC(CC)N(C)C(=O)Nc1ccc(C(=O)O)cc1Cl. The molecule has 1 rings (SSSR count). The largest absolute Gasteiger partial charge is 0.478 e. The molecule has 0 aliphatic carbocycles.